The largest absolute Gasteiger partial charge is 0.384 e. The van der Waals surface area contributed by atoms with Gasteiger partial charge in [-0.2, -0.15) is 0 Å². The Kier molecular flexibility index (Phi) is 4.70. The third kappa shape index (κ3) is 3.18. The number of hydrogen-bond acceptors (Lipinski definition) is 4. The summed E-state index contributed by atoms with van der Waals surface area (Å²) in [6, 6.07) is 0. The standard InChI is InChI=1S/C10H19N3O3/c1-16-7-10(2-4-12-5-3-10)9(15)13-6-8(11)14/h12H,2-7H2,1H3,(H2,11,14)(H,13,15). The van der Waals surface area contributed by atoms with Crippen LogP contribution in [0.2, 0.25) is 0 Å². The number of nitrogens with one attached hydrogen (secondary N) is 2. The smallest absolute Gasteiger partial charge is 0.236 e. The normalized spacial score (nSPS) is 19.1. The molecule has 0 unspecified atom stereocenters. The number of nitrogens with two attached hydrogens (primary N) is 1. The van der Waals surface area contributed by atoms with Gasteiger partial charge in [-0.05, 0) is 25.9 Å². The molecule has 0 bridgehead atoms. The highest BCUT2D eigenvalue weighted by molar-refractivity contribution is 5.87. The second-order valence-electron chi connectivity index (χ2n) is 4.11. The molecule has 92 valence electrons. The fourth-order valence-electron chi connectivity index (χ4n) is 1.97. The molecule has 1 aliphatic rings. The maximum absolute atomic E-state index is 12.0. The number of amides is 2. The lowest BCUT2D eigenvalue weighted by atomic mass is 9.78. The zero-order valence-corrected chi connectivity index (χ0v) is 9.54. The molecule has 0 aliphatic carbocycles. The zero-order valence-electron chi connectivity index (χ0n) is 9.54. The topological polar surface area (TPSA) is 93.4 Å². The molecule has 6 heteroatoms. The molecule has 0 spiro atoms. The Morgan fingerprint density at radius 2 is 2.06 bits per heavy atom. The van der Waals surface area contributed by atoms with Crippen LogP contribution in [0.15, 0.2) is 0 Å². The minimum atomic E-state index is -0.533. The first kappa shape index (κ1) is 12.9. The van der Waals surface area contributed by atoms with Crippen molar-refractivity contribution in [3.8, 4) is 0 Å². The third-order valence-corrected chi connectivity index (χ3v) is 2.89. The van der Waals surface area contributed by atoms with E-state index in [-0.39, 0.29) is 12.5 Å². The molecule has 0 aromatic heterocycles. The minimum absolute atomic E-state index is 0.113. The lowest BCUT2D eigenvalue weighted by molar-refractivity contribution is -0.137. The Balaban J connectivity index is 2.60. The van der Waals surface area contributed by atoms with E-state index in [0.717, 1.165) is 13.1 Å². The molecule has 1 heterocycles. The fourth-order valence-corrected chi connectivity index (χ4v) is 1.97. The molecular weight excluding hydrogens is 210 g/mol. The third-order valence-electron chi connectivity index (χ3n) is 2.89. The van der Waals surface area contributed by atoms with Gasteiger partial charge in [0.15, 0.2) is 0 Å². The lowest BCUT2D eigenvalue weighted by Crippen LogP contribution is -2.51. The zero-order chi connectivity index (χ0) is 12.0. The molecule has 0 saturated carbocycles. The van der Waals surface area contributed by atoms with Gasteiger partial charge in [0, 0.05) is 7.11 Å². The van der Waals surface area contributed by atoms with Crippen LogP contribution in [-0.4, -0.2) is 45.2 Å². The lowest BCUT2D eigenvalue weighted by Gasteiger charge is -2.35. The van der Waals surface area contributed by atoms with Crippen LogP contribution in [0.1, 0.15) is 12.8 Å². The number of primary amides is 1. The van der Waals surface area contributed by atoms with Crippen molar-refractivity contribution in [2.75, 3.05) is 33.4 Å². The molecule has 1 rings (SSSR count). The van der Waals surface area contributed by atoms with E-state index >= 15 is 0 Å². The van der Waals surface area contributed by atoms with Crippen molar-refractivity contribution < 1.29 is 14.3 Å². The second-order valence-corrected chi connectivity index (χ2v) is 4.11. The summed E-state index contributed by atoms with van der Waals surface area (Å²) in [5.41, 5.74) is 4.47. The Bertz CT molecular complexity index is 257. The predicted molar refractivity (Wildman–Crippen MR) is 58.6 cm³/mol. The number of rotatable bonds is 5. The monoisotopic (exact) mass is 229 g/mol. The van der Waals surface area contributed by atoms with Crippen LogP contribution in [0.3, 0.4) is 0 Å². The summed E-state index contributed by atoms with van der Waals surface area (Å²) in [5.74, 6) is -0.676. The second kappa shape index (κ2) is 5.81. The molecule has 0 atom stereocenters. The van der Waals surface area contributed by atoms with E-state index in [2.05, 4.69) is 10.6 Å². The molecule has 6 nitrogen and oxygen atoms in total. The van der Waals surface area contributed by atoms with Crippen LogP contribution >= 0.6 is 0 Å². The number of hydrogen-bond donors (Lipinski definition) is 3. The van der Waals surface area contributed by atoms with Crippen molar-refractivity contribution in [1.29, 1.82) is 0 Å². The number of methoxy groups -OCH3 is 1. The first-order valence-corrected chi connectivity index (χ1v) is 5.37. The van der Waals surface area contributed by atoms with Gasteiger partial charge in [-0.15, -0.1) is 0 Å². The maximum Gasteiger partial charge on any atom is 0.236 e. The van der Waals surface area contributed by atoms with E-state index in [9.17, 15) is 9.59 Å². The molecule has 0 aromatic carbocycles. The molecule has 4 N–H and O–H groups in total. The van der Waals surface area contributed by atoms with Gasteiger partial charge in [0.25, 0.3) is 0 Å². The first-order chi connectivity index (χ1) is 7.60. The quantitative estimate of drug-likeness (QED) is 0.541. The number of carbonyl (C=O) groups is 2. The summed E-state index contributed by atoms with van der Waals surface area (Å²) in [6.07, 6.45) is 1.43. The van der Waals surface area contributed by atoms with E-state index in [0.29, 0.717) is 19.4 Å². The molecule has 0 aromatic rings. The predicted octanol–water partition coefficient (Wildman–Crippen LogP) is -1.40. The van der Waals surface area contributed by atoms with Crippen molar-refractivity contribution in [2.24, 2.45) is 11.1 Å². The first-order valence-electron chi connectivity index (χ1n) is 5.37. The molecule has 0 radical (unpaired) electrons. The van der Waals surface area contributed by atoms with Crippen LogP contribution in [0, 0.1) is 5.41 Å². The Morgan fingerprint density at radius 3 is 2.56 bits per heavy atom. The SMILES string of the molecule is COCC1(C(=O)NCC(N)=O)CCNCC1. The molecule has 16 heavy (non-hydrogen) atoms. The number of piperidine rings is 1. The van der Waals surface area contributed by atoms with Crippen molar-refractivity contribution in [3.05, 3.63) is 0 Å². The Morgan fingerprint density at radius 1 is 1.44 bits per heavy atom. The van der Waals surface area contributed by atoms with E-state index in [1.54, 1.807) is 7.11 Å². The van der Waals surface area contributed by atoms with Crippen molar-refractivity contribution in [1.82, 2.24) is 10.6 Å². The maximum atomic E-state index is 12.0. The van der Waals surface area contributed by atoms with Gasteiger partial charge in [-0.3, -0.25) is 9.59 Å². The molecule has 1 aliphatic heterocycles. The highest BCUT2D eigenvalue weighted by Crippen LogP contribution is 2.29. The Labute approximate surface area is 94.9 Å². The van der Waals surface area contributed by atoms with Gasteiger partial charge in [-0.25, -0.2) is 0 Å². The summed E-state index contributed by atoms with van der Waals surface area (Å²) in [7, 11) is 1.57. The van der Waals surface area contributed by atoms with Gasteiger partial charge in [0.05, 0.1) is 18.6 Å². The van der Waals surface area contributed by atoms with Gasteiger partial charge in [0.2, 0.25) is 11.8 Å². The van der Waals surface area contributed by atoms with E-state index in [4.69, 9.17) is 10.5 Å². The fraction of sp³-hybridized carbons (Fsp3) is 0.800. The van der Waals surface area contributed by atoms with Crippen LogP contribution < -0.4 is 16.4 Å². The molecular formula is C10H19N3O3. The summed E-state index contributed by atoms with van der Waals surface area (Å²) >= 11 is 0. The summed E-state index contributed by atoms with van der Waals surface area (Å²) < 4.78 is 5.11. The molecule has 1 fully saturated rings. The van der Waals surface area contributed by atoms with Crippen LogP contribution in [0.5, 0.6) is 0 Å². The number of ether oxygens (including phenoxy) is 1. The van der Waals surface area contributed by atoms with E-state index in [1.807, 2.05) is 0 Å². The Hall–Kier alpha value is -1.14. The van der Waals surface area contributed by atoms with Crippen molar-refractivity contribution in [3.63, 3.8) is 0 Å². The summed E-state index contributed by atoms with van der Waals surface area (Å²) in [6.45, 7) is 1.83. The van der Waals surface area contributed by atoms with E-state index in [1.165, 1.54) is 0 Å². The van der Waals surface area contributed by atoms with Gasteiger partial charge in [0.1, 0.15) is 0 Å². The molecule has 1 saturated heterocycles. The average Bonchev–Trinajstić information content (AvgIpc) is 2.27. The van der Waals surface area contributed by atoms with Gasteiger partial charge < -0.3 is 21.1 Å². The highest BCUT2D eigenvalue weighted by atomic mass is 16.5. The summed E-state index contributed by atoms with van der Waals surface area (Å²) in [5, 5.41) is 5.75. The van der Waals surface area contributed by atoms with Crippen LogP contribution in [0.25, 0.3) is 0 Å². The number of carbonyl (C=O) groups excluding carboxylic acids is 2. The van der Waals surface area contributed by atoms with Gasteiger partial charge >= 0.3 is 0 Å². The highest BCUT2D eigenvalue weighted by Gasteiger charge is 2.39. The van der Waals surface area contributed by atoms with Crippen molar-refractivity contribution in [2.45, 2.75) is 12.8 Å². The van der Waals surface area contributed by atoms with Crippen LogP contribution in [0.4, 0.5) is 0 Å². The van der Waals surface area contributed by atoms with E-state index < -0.39 is 11.3 Å². The van der Waals surface area contributed by atoms with Crippen LogP contribution in [-0.2, 0) is 14.3 Å². The minimum Gasteiger partial charge on any atom is -0.384 e. The molecule has 2 amide bonds. The van der Waals surface area contributed by atoms with Crippen molar-refractivity contribution >= 4 is 11.8 Å². The average molecular weight is 229 g/mol. The summed E-state index contributed by atoms with van der Waals surface area (Å²) in [4.78, 5) is 22.6. The van der Waals surface area contributed by atoms with Gasteiger partial charge in [-0.1, -0.05) is 0 Å².